The van der Waals surface area contributed by atoms with Gasteiger partial charge in [0.25, 0.3) is 0 Å². The first-order valence-corrected chi connectivity index (χ1v) is 8.52. The van der Waals surface area contributed by atoms with Crippen LogP contribution in [0.2, 0.25) is 0 Å². The van der Waals surface area contributed by atoms with Crippen LogP contribution in [0.4, 0.5) is 16.2 Å². The molecule has 2 amide bonds. The molecule has 126 valence electrons. The number of nitrogens with one attached hydrogen (secondary N) is 3. The highest BCUT2D eigenvalue weighted by Gasteiger charge is 2.16. The number of urea groups is 1. The molecular formula is C20H20N4O. The van der Waals surface area contributed by atoms with Crippen molar-refractivity contribution in [3.63, 3.8) is 0 Å². The van der Waals surface area contributed by atoms with Crippen LogP contribution in [0.5, 0.6) is 0 Å². The third-order valence-corrected chi connectivity index (χ3v) is 4.58. The largest absolute Gasteiger partial charge is 0.323 e. The highest BCUT2D eigenvalue weighted by Crippen LogP contribution is 2.24. The average Bonchev–Trinajstić information content (AvgIpc) is 3.17. The number of benzene rings is 2. The fourth-order valence-corrected chi connectivity index (χ4v) is 3.27. The third kappa shape index (κ3) is 3.46. The first-order chi connectivity index (χ1) is 12.3. The molecule has 0 spiro atoms. The summed E-state index contributed by atoms with van der Waals surface area (Å²) in [7, 11) is 0. The summed E-state index contributed by atoms with van der Waals surface area (Å²) >= 11 is 0. The molecular weight excluding hydrogens is 312 g/mol. The van der Waals surface area contributed by atoms with Crippen molar-refractivity contribution in [1.29, 1.82) is 0 Å². The van der Waals surface area contributed by atoms with Crippen LogP contribution in [0.1, 0.15) is 17.9 Å². The monoisotopic (exact) mass is 332 g/mol. The summed E-state index contributed by atoms with van der Waals surface area (Å²) < 4.78 is 0. The van der Waals surface area contributed by atoms with Gasteiger partial charge < -0.3 is 16.0 Å². The SMILES string of the molecule is O=C(Nc1ccc([C@@H]2CCNC2)cc1)Nc1cccc2cccnc12. The highest BCUT2D eigenvalue weighted by molar-refractivity contribution is 6.04. The van der Waals surface area contributed by atoms with E-state index in [1.165, 1.54) is 12.0 Å². The number of hydrogen-bond donors (Lipinski definition) is 3. The van der Waals surface area contributed by atoms with Crippen molar-refractivity contribution in [3.8, 4) is 0 Å². The Labute approximate surface area is 146 Å². The number of anilines is 2. The van der Waals surface area contributed by atoms with Crippen LogP contribution in [-0.4, -0.2) is 24.1 Å². The molecule has 2 heterocycles. The average molecular weight is 332 g/mol. The molecule has 5 nitrogen and oxygen atoms in total. The molecule has 1 fully saturated rings. The van der Waals surface area contributed by atoms with Gasteiger partial charge in [0, 0.05) is 23.8 Å². The zero-order valence-corrected chi connectivity index (χ0v) is 13.8. The van der Waals surface area contributed by atoms with E-state index in [1.54, 1.807) is 6.20 Å². The molecule has 0 bridgehead atoms. The van der Waals surface area contributed by atoms with Gasteiger partial charge in [-0.3, -0.25) is 4.98 Å². The molecule has 1 aromatic heterocycles. The highest BCUT2D eigenvalue weighted by atomic mass is 16.2. The molecule has 1 aliphatic rings. The van der Waals surface area contributed by atoms with Crippen molar-refractivity contribution in [1.82, 2.24) is 10.3 Å². The Kier molecular flexibility index (Phi) is 4.31. The Balaban J connectivity index is 1.44. The summed E-state index contributed by atoms with van der Waals surface area (Å²) in [4.78, 5) is 16.7. The Morgan fingerprint density at radius 3 is 2.68 bits per heavy atom. The zero-order chi connectivity index (χ0) is 17.1. The van der Waals surface area contributed by atoms with E-state index in [0.717, 1.165) is 29.7 Å². The van der Waals surface area contributed by atoms with E-state index in [9.17, 15) is 4.79 Å². The van der Waals surface area contributed by atoms with E-state index in [4.69, 9.17) is 0 Å². The van der Waals surface area contributed by atoms with Crippen molar-refractivity contribution in [2.75, 3.05) is 23.7 Å². The molecule has 5 heteroatoms. The second kappa shape index (κ2) is 6.91. The molecule has 1 saturated heterocycles. The quantitative estimate of drug-likeness (QED) is 0.680. The van der Waals surface area contributed by atoms with E-state index >= 15 is 0 Å². The Morgan fingerprint density at radius 1 is 1.04 bits per heavy atom. The van der Waals surface area contributed by atoms with Gasteiger partial charge in [0.15, 0.2) is 0 Å². The van der Waals surface area contributed by atoms with Gasteiger partial charge in [0.05, 0.1) is 11.2 Å². The fraction of sp³-hybridized carbons (Fsp3) is 0.200. The number of carbonyl (C=O) groups is 1. The molecule has 3 N–H and O–H groups in total. The van der Waals surface area contributed by atoms with Crippen LogP contribution in [0.25, 0.3) is 10.9 Å². The standard InChI is InChI=1S/C20H20N4O/c25-20(24-18-5-1-3-15-4-2-11-22-19(15)18)23-17-8-6-14(7-9-17)16-10-12-21-13-16/h1-9,11,16,21H,10,12-13H2,(H2,23,24,25)/t16-/m1/s1. The van der Waals surface area contributed by atoms with Gasteiger partial charge in [-0.2, -0.15) is 0 Å². The van der Waals surface area contributed by atoms with Crippen LogP contribution in [0.15, 0.2) is 60.8 Å². The van der Waals surface area contributed by atoms with Gasteiger partial charge in [-0.15, -0.1) is 0 Å². The summed E-state index contributed by atoms with van der Waals surface area (Å²) in [6.45, 7) is 2.10. The van der Waals surface area contributed by atoms with Crippen LogP contribution in [0.3, 0.4) is 0 Å². The molecule has 1 atom stereocenters. The fourth-order valence-electron chi connectivity index (χ4n) is 3.27. The summed E-state index contributed by atoms with van der Waals surface area (Å²) in [5, 5.41) is 10.1. The molecule has 0 aliphatic carbocycles. The van der Waals surface area contributed by atoms with E-state index in [1.807, 2.05) is 42.5 Å². The maximum atomic E-state index is 12.3. The maximum absolute atomic E-state index is 12.3. The summed E-state index contributed by atoms with van der Waals surface area (Å²) in [6, 6.07) is 17.4. The smallest absolute Gasteiger partial charge is 0.316 e. The van der Waals surface area contributed by atoms with E-state index < -0.39 is 0 Å². The summed E-state index contributed by atoms with van der Waals surface area (Å²) in [5.41, 5.74) is 3.57. The first-order valence-electron chi connectivity index (χ1n) is 8.52. The van der Waals surface area contributed by atoms with Gasteiger partial charge >= 0.3 is 6.03 Å². The molecule has 0 radical (unpaired) electrons. The van der Waals surface area contributed by atoms with E-state index in [0.29, 0.717) is 11.6 Å². The minimum atomic E-state index is -0.270. The van der Waals surface area contributed by atoms with Gasteiger partial charge in [-0.25, -0.2) is 4.79 Å². The number of fused-ring (bicyclic) bond motifs is 1. The minimum Gasteiger partial charge on any atom is -0.316 e. The minimum absolute atomic E-state index is 0.270. The number of aromatic nitrogens is 1. The number of para-hydroxylation sites is 1. The van der Waals surface area contributed by atoms with Crippen LogP contribution in [0, 0.1) is 0 Å². The maximum Gasteiger partial charge on any atom is 0.323 e. The summed E-state index contributed by atoms with van der Waals surface area (Å²) in [6.07, 6.45) is 2.89. The van der Waals surface area contributed by atoms with Gasteiger partial charge in [-0.1, -0.05) is 30.3 Å². The lowest BCUT2D eigenvalue weighted by molar-refractivity contribution is 0.262. The Bertz CT molecular complexity index is 880. The van der Waals surface area contributed by atoms with Crippen molar-refractivity contribution in [2.45, 2.75) is 12.3 Å². The Morgan fingerprint density at radius 2 is 1.88 bits per heavy atom. The first kappa shape index (κ1) is 15.6. The van der Waals surface area contributed by atoms with Crippen LogP contribution < -0.4 is 16.0 Å². The number of rotatable bonds is 3. The van der Waals surface area contributed by atoms with Crippen molar-refractivity contribution >= 4 is 28.3 Å². The van der Waals surface area contributed by atoms with Crippen molar-refractivity contribution in [3.05, 3.63) is 66.4 Å². The Hall–Kier alpha value is -2.92. The third-order valence-electron chi connectivity index (χ3n) is 4.58. The molecule has 0 saturated carbocycles. The van der Waals surface area contributed by atoms with Gasteiger partial charge in [-0.05, 0) is 48.7 Å². The number of carbonyl (C=O) groups excluding carboxylic acids is 1. The normalized spacial score (nSPS) is 16.7. The second-order valence-electron chi connectivity index (χ2n) is 6.27. The molecule has 0 unspecified atom stereocenters. The molecule has 4 rings (SSSR count). The lowest BCUT2D eigenvalue weighted by Gasteiger charge is -2.12. The number of pyridine rings is 1. The molecule has 25 heavy (non-hydrogen) atoms. The molecule has 1 aliphatic heterocycles. The lowest BCUT2D eigenvalue weighted by atomic mass is 9.98. The second-order valence-corrected chi connectivity index (χ2v) is 6.27. The van der Waals surface area contributed by atoms with E-state index in [2.05, 4.69) is 33.1 Å². The number of hydrogen-bond acceptors (Lipinski definition) is 3. The van der Waals surface area contributed by atoms with Crippen LogP contribution in [-0.2, 0) is 0 Å². The predicted octanol–water partition coefficient (Wildman–Crippen LogP) is 3.96. The number of amides is 2. The predicted molar refractivity (Wildman–Crippen MR) is 101 cm³/mol. The van der Waals surface area contributed by atoms with Crippen molar-refractivity contribution < 1.29 is 4.79 Å². The van der Waals surface area contributed by atoms with Gasteiger partial charge in [0.1, 0.15) is 0 Å². The molecule has 3 aromatic rings. The van der Waals surface area contributed by atoms with E-state index in [-0.39, 0.29) is 6.03 Å². The number of nitrogens with zero attached hydrogens (tertiary/aromatic N) is 1. The lowest BCUT2D eigenvalue weighted by Crippen LogP contribution is -2.19. The zero-order valence-electron chi connectivity index (χ0n) is 13.8. The van der Waals surface area contributed by atoms with Crippen molar-refractivity contribution in [2.24, 2.45) is 0 Å². The van der Waals surface area contributed by atoms with Gasteiger partial charge in [0.2, 0.25) is 0 Å². The summed E-state index contributed by atoms with van der Waals surface area (Å²) in [5.74, 6) is 0.574. The molecule has 2 aromatic carbocycles. The van der Waals surface area contributed by atoms with Crippen LogP contribution >= 0.6 is 0 Å². The topological polar surface area (TPSA) is 66.1 Å².